The minimum Gasteiger partial charge on any atom is -0.394 e. The maximum atomic E-state index is 13.5. The minimum atomic E-state index is -3.83. The Bertz CT molecular complexity index is 1500. The van der Waals surface area contributed by atoms with E-state index in [9.17, 15) is 18.3 Å². The van der Waals surface area contributed by atoms with Crippen LogP contribution in [0.1, 0.15) is 22.0 Å². The Balaban J connectivity index is 1.40. The number of aromatic nitrogens is 3. The summed E-state index contributed by atoms with van der Waals surface area (Å²) in [7, 11) is -3.83. The second-order valence-electron chi connectivity index (χ2n) is 8.65. The van der Waals surface area contributed by atoms with E-state index in [0.717, 1.165) is 10.9 Å². The van der Waals surface area contributed by atoms with Gasteiger partial charge >= 0.3 is 0 Å². The summed E-state index contributed by atoms with van der Waals surface area (Å²) in [6, 6.07) is 15.2. The van der Waals surface area contributed by atoms with Crippen molar-refractivity contribution in [3.63, 3.8) is 0 Å². The molecular weight excluding hydrogens is 496 g/mol. The number of fused-ring (bicyclic) bond motifs is 1. The van der Waals surface area contributed by atoms with Crippen LogP contribution in [0.4, 0.5) is 5.95 Å². The van der Waals surface area contributed by atoms with Gasteiger partial charge in [-0.2, -0.15) is 0 Å². The molecule has 4 aromatic rings. The molecule has 192 valence electrons. The van der Waals surface area contributed by atoms with Crippen LogP contribution in [0.3, 0.4) is 0 Å². The summed E-state index contributed by atoms with van der Waals surface area (Å²) in [6.45, 7) is 2.13. The van der Waals surface area contributed by atoms with Crippen LogP contribution < -0.4 is 10.4 Å². The van der Waals surface area contributed by atoms with E-state index >= 15 is 0 Å². The van der Waals surface area contributed by atoms with Crippen LogP contribution in [0.5, 0.6) is 0 Å². The number of para-hydroxylation sites is 1. The smallest absolute Gasteiger partial charge is 0.277 e. The first-order valence-electron chi connectivity index (χ1n) is 11.7. The number of carbonyl (C=O) groups is 1. The highest BCUT2D eigenvalue weighted by Crippen LogP contribution is 2.33. The van der Waals surface area contributed by atoms with E-state index in [0.29, 0.717) is 37.6 Å². The fourth-order valence-electron chi connectivity index (χ4n) is 4.66. The SMILES string of the molecule is O=C(NO)c1cnc(N2CCN(C(CO)c3cn(S(=O)(=O)c4ccccc4)c4ccccc34)CC2)nc1. The molecule has 2 aromatic carbocycles. The molecule has 1 saturated heterocycles. The monoisotopic (exact) mass is 522 g/mol. The highest BCUT2D eigenvalue weighted by atomic mass is 32.2. The summed E-state index contributed by atoms with van der Waals surface area (Å²) in [6.07, 6.45) is 4.31. The summed E-state index contributed by atoms with van der Waals surface area (Å²) in [5.74, 6) is -0.226. The summed E-state index contributed by atoms with van der Waals surface area (Å²) in [5.41, 5.74) is 2.99. The number of rotatable bonds is 7. The van der Waals surface area contributed by atoms with Gasteiger partial charge in [0.15, 0.2) is 0 Å². The lowest BCUT2D eigenvalue weighted by Crippen LogP contribution is -2.49. The number of piperazine rings is 1. The minimum absolute atomic E-state index is 0.145. The van der Waals surface area contributed by atoms with Gasteiger partial charge in [0.05, 0.1) is 28.6 Å². The molecule has 1 amide bonds. The van der Waals surface area contributed by atoms with E-state index in [2.05, 4.69) is 14.9 Å². The summed E-state index contributed by atoms with van der Waals surface area (Å²) < 4.78 is 28.2. The average molecular weight is 523 g/mol. The molecule has 3 heterocycles. The van der Waals surface area contributed by atoms with Crippen LogP contribution in [-0.2, 0) is 10.0 Å². The third-order valence-electron chi connectivity index (χ3n) is 6.58. The third kappa shape index (κ3) is 4.67. The van der Waals surface area contributed by atoms with E-state index in [1.165, 1.54) is 16.4 Å². The number of benzene rings is 2. The Kier molecular flexibility index (Phi) is 6.89. The molecule has 0 bridgehead atoms. The first-order valence-corrected chi connectivity index (χ1v) is 13.1. The number of anilines is 1. The second-order valence-corrected chi connectivity index (χ2v) is 10.5. The third-order valence-corrected chi connectivity index (χ3v) is 8.27. The van der Waals surface area contributed by atoms with Crippen LogP contribution in [0.15, 0.2) is 78.1 Å². The summed E-state index contributed by atoms with van der Waals surface area (Å²) in [5, 5.41) is 19.9. The van der Waals surface area contributed by atoms with E-state index < -0.39 is 22.0 Å². The molecule has 1 unspecified atom stereocenters. The maximum absolute atomic E-state index is 13.5. The van der Waals surface area contributed by atoms with Crippen molar-refractivity contribution >= 4 is 32.8 Å². The molecule has 3 N–H and O–H groups in total. The standard InChI is InChI=1S/C25H26N6O5S/c32-17-23(29-10-12-30(13-11-29)25-26-14-18(15-27-25)24(33)28-34)21-16-31(22-9-5-4-8-20(21)22)37(35,36)19-6-2-1-3-7-19/h1-9,14-16,23,32,34H,10-13,17H2,(H,28,33). The van der Waals surface area contributed by atoms with Crippen LogP contribution in [0, 0.1) is 0 Å². The van der Waals surface area contributed by atoms with Crippen molar-refractivity contribution in [1.82, 2.24) is 24.3 Å². The molecule has 37 heavy (non-hydrogen) atoms. The van der Waals surface area contributed by atoms with Gasteiger partial charge < -0.3 is 10.0 Å². The number of aliphatic hydroxyl groups is 1. The largest absolute Gasteiger partial charge is 0.394 e. The lowest BCUT2D eigenvalue weighted by molar-refractivity contribution is 0.0705. The topological polar surface area (TPSA) is 141 Å². The lowest BCUT2D eigenvalue weighted by atomic mass is 10.0. The van der Waals surface area contributed by atoms with Gasteiger partial charge in [-0.3, -0.25) is 14.9 Å². The number of carbonyl (C=O) groups excluding carboxylic acids is 1. The van der Waals surface area contributed by atoms with E-state index in [1.807, 2.05) is 17.0 Å². The molecule has 12 heteroatoms. The predicted molar refractivity (Wildman–Crippen MR) is 136 cm³/mol. The Morgan fingerprint density at radius 1 is 0.973 bits per heavy atom. The molecular formula is C25H26N6O5S. The second kappa shape index (κ2) is 10.3. The van der Waals surface area contributed by atoms with Crippen LogP contribution in [0.2, 0.25) is 0 Å². The molecule has 0 saturated carbocycles. The zero-order chi connectivity index (χ0) is 26.0. The van der Waals surface area contributed by atoms with Gasteiger partial charge in [-0.05, 0) is 23.8 Å². The first kappa shape index (κ1) is 24.8. The van der Waals surface area contributed by atoms with Crippen molar-refractivity contribution in [3.8, 4) is 0 Å². The van der Waals surface area contributed by atoms with Gasteiger partial charge in [0.2, 0.25) is 5.95 Å². The van der Waals surface area contributed by atoms with Gasteiger partial charge in [-0.15, -0.1) is 0 Å². The number of hydroxylamine groups is 1. The Labute approximate surface area is 213 Å². The number of aliphatic hydroxyl groups excluding tert-OH is 1. The number of hydrogen-bond acceptors (Lipinski definition) is 9. The maximum Gasteiger partial charge on any atom is 0.277 e. The molecule has 2 aromatic heterocycles. The van der Waals surface area contributed by atoms with Crippen molar-refractivity contribution < 1.29 is 23.5 Å². The molecule has 5 rings (SSSR count). The number of hydrogen-bond donors (Lipinski definition) is 3. The number of nitrogens with one attached hydrogen (secondary N) is 1. The van der Waals surface area contributed by atoms with Crippen LogP contribution >= 0.6 is 0 Å². The van der Waals surface area contributed by atoms with Crippen molar-refractivity contribution in [1.29, 1.82) is 0 Å². The highest BCUT2D eigenvalue weighted by molar-refractivity contribution is 7.90. The molecule has 0 spiro atoms. The zero-order valence-corrected chi connectivity index (χ0v) is 20.6. The Morgan fingerprint density at radius 3 is 2.27 bits per heavy atom. The fraction of sp³-hybridized carbons (Fsp3) is 0.240. The van der Waals surface area contributed by atoms with Gasteiger partial charge in [0.25, 0.3) is 15.9 Å². The Morgan fingerprint density at radius 2 is 1.62 bits per heavy atom. The van der Waals surface area contributed by atoms with E-state index in [1.54, 1.807) is 54.1 Å². The zero-order valence-electron chi connectivity index (χ0n) is 19.8. The Hall–Kier alpha value is -3.84. The first-order chi connectivity index (χ1) is 17.9. The van der Waals surface area contributed by atoms with Crippen molar-refractivity contribution in [2.45, 2.75) is 10.9 Å². The quantitative estimate of drug-likeness (QED) is 0.244. The van der Waals surface area contributed by atoms with E-state index in [-0.39, 0.29) is 17.1 Å². The number of amides is 1. The number of nitrogens with zero attached hydrogens (tertiary/aromatic N) is 5. The average Bonchev–Trinajstić information content (AvgIpc) is 3.34. The molecule has 1 aliphatic rings. The van der Waals surface area contributed by atoms with Crippen LogP contribution in [0.25, 0.3) is 10.9 Å². The van der Waals surface area contributed by atoms with Crippen molar-refractivity contribution in [3.05, 3.63) is 84.3 Å². The molecule has 11 nitrogen and oxygen atoms in total. The summed E-state index contributed by atoms with van der Waals surface area (Å²) >= 11 is 0. The van der Waals surface area contributed by atoms with Gasteiger partial charge in [0.1, 0.15) is 0 Å². The molecule has 1 aliphatic heterocycles. The van der Waals surface area contributed by atoms with Gasteiger partial charge in [-0.1, -0.05) is 36.4 Å². The molecule has 0 aliphatic carbocycles. The molecule has 1 fully saturated rings. The fourth-order valence-corrected chi connectivity index (χ4v) is 6.05. The molecule has 1 atom stereocenters. The van der Waals surface area contributed by atoms with Gasteiger partial charge in [-0.25, -0.2) is 27.8 Å². The van der Waals surface area contributed by atoms with Crippen LogP contribution in [-0.4, -0.2) is 76.3 Å². The molecule has 0 radical (unpaired) electrons. The van der Waals surface area contributed by atoms with Crippen molar-refractivity contribution in [2.75, 3.05) is 37.7 Å². The highest BCUT2D eigenvalue weighted by Gasteiger charge is 2.30. The predicted octanol–water partition coefficient (Wildman–Crippen LogP) is 1.64. The van der Waals surface area contributed by atoms with Gasteiger partial charge in [0, 0.05) is 50.2 Å². The normalized spacial score (nSPS) is 15.6. The van der Waals surface area contributed by atoms with E-state index in [4.69, 9.17) is 5.21 Å². The lowest BCUT2D eigenvalue weighted by Gasteiger charge is -2.38. The van der Waals surface area contributed by atoms with Crippen molar-refractivity contribution in [2.24, 2.45) is 0 Å². The summed E-state index contributed by atoms with van der Waals surface area (Å²) in [4.78, 5) is 24.2.